The van der Waals surface area contributed by atoms with E-state index in [0.29, 0.717) is 26.5 Å². The van der Waals surface area contributed by atoms with Crippen LogP contribution in [-0.4, -0.2) is 31.5 Å². The van der Waals surface area contributed by atoms with Gasteiger partial charge in [0.05, 0.1) is 34.0 Å². The molecule has 0 radical (unpaired) electrons. The Morgan fingerprint density at radius 3 is 2.67 bits per heavy atom. The Labute approximate surface area is 161 Å². The van der Waals surface area contributed by atoms with E-state index < -0.39 is 11.9 Å². The summed E-state index contributed by atoms with van der Waals surface area (Å²) in [6.45, 7) is 0. The van der Waals surface area contributed by atoms with Gasteiger partial charge >= 0.3 is 6.03 Å². The van der Waals surface area contributed by atoms with Crippen LogP contribution in [-0.2, 0) is 0 Å². The first-order chi connectivity index (χ1) is 13.1. The molecule has 0 unspecified atom stereocenters. The van der Waals surface area contributed by atoms with E-state index in [9.17, 15) is 14.7 Å². The van der Waals surface area contributed by atoms with Crippen molar-refractivity contribution in [2.75, 3.05) is 5.32 Å². The highest BCUT2D eigenvalue weighted by Crippen LogP contribution is 2.35. The minimum absolute atomic E-state index is 0.0226. The maximum atomic E-state index is 12.9. The number of aromatic nitrogens is 3. The molecule has 9 heteroatoms. The summed E-state index contributed by atoms with van der Waals surface area (Å²) in [7, 11) is 0. The van der Waals surface area contributed by atoms with Crippen molar-refractivity contribution in [2.24, 2.45) is 0 Å². The van der Waals surface area contributed by atoms with Gasteiger partial charge in [0.25, 0.3) is 0 Å². The van der Waals surface area contributed by atoms with Crippen molar-refractivity contribution in [1.82, 2.24) is 14.5 Å². The fraction of sp³-hybridized carbons (Fsp3) is 0. The van der Waals surface area contributed by atoms with E-state index in [1.165, 1.54) is 30.1 Å². The van der Waals surface area contributed by atoms with Crippen molar-refractivity contribution in [3.8, 4) is 5.88 Å². The Morgan fingerprint density at radius 1 is 1.19 bits per heavy atom. The molecule has 0 saturated carbocycles. The van der Waals surface area contributed by atoms with Gasteiger partial charge in [0.2, 0.25) is 11.7 Å². The maximum Gasteiger partial charge on any atom is 0.333 e. The standard InChI is InChI=1S/C18H11ClN4O3S/c19-10-3-4-13-12(6-10)15(16(24)14-2-1-5-27-14)17(25)23(13)18(26)22-11-7-20-9-21-8-11/h1-9,25H,(H,22,26). The first kappa shape index (κ1) is 17.2. The number of halogens is 1. The van der Waals surface area contributed by atoms with E-state index in [-0.39, 0.29) is 11.3 Å². The normalized spacial score (nSPS) is 10.9. The molecule has 0 fully saturated rings. The number of amides is 1. The average molecular weight is 399 g/mol. The van der Waals surface area contributed by atoms with Crippen molar-refractivity contribution >= 4 is 51.3 Å². The Morgan fingerprint density at radius 2 is 1.96 bits per heavy atom. The number of hydrogen-bond donors (Lipinski definition) is 2. The zero-order valence-electron chi connectivity index (χ0n) is 13.6. The van der Waals surface area contributed by atoms with Gasteiger partial charge in [-0.3, -0.25) is 4.79 Å². The Kier molecular flexibility index (Phi) is 4.35. The summed E-state index contributed by atoms with van der Waals surface area (Å²) in [6, 6.07) is 7.44. The molecular weight excluding hydrogens is 388 g/mol. The van der Waals surface area contributed by atoms with Crippen LogP contribution >= 0.6 is 22.9 Å². The lowest BCUT2D eigenvalue weighted by atomic mass is 10.1. The summed E-state index contributed by atoms with van der Waals surface area (Å²) in [5, 5.41) is 15.9. The molecule has 0 aliphatic rings. The van der Waals surface area contributed by atoms with Crippen molar-refractivity contribution in [2.45, 2.75) is 0 Å². The molecule has 1 aromatic carbocycles. The summed E-state index contributed by atoms with van der Waals surface area (Å²) in [5.74, 6) is -0.843. The third-order valence-corrected chi connectivity index (χ3v) is 4.99. The predicted octanol–water partition coefficient (Wildman–Crippen LogP) is 4.16. The molecule has 7 nitrogen and oxygen atoms in total. The molecule has 2 N–H and O–H groups in total. The van der Waals surface area contributed by atoms with E-state index in [1.807, 2.05) is 0 Å². The monoisotopic (exact) mass is 398 g/mol. The molecule has 1 amide bonds. The van der Waals surface area contributed by atoms with Crippen molar-refractivity contribution in [3.05, 3.63) is 69.9 Å². The van der Waals surface area contributed by atoms with Gasteiger partial charge in [0.1, 0.15) is 6.33 Å². The van der Waals surface area contributed by atoms with Crippen LogP contribution in [0.3, 0.4) is 0 Å². The van der Waals surface area contributed by atoms with Gasteiger partial charge in [0, 0.05) is 10.4 Å². The molecule has 27 heavy (non-hydrogen) atoms. The Hall–Kier alpha value is -3.23. The Balaban J connectivity index is 1.87. The molecule has 0 spiro atoms. The van der Waals surface area contributed by atoms with Crippen LogP contribution in [0.2, 0.25) is 5.02 Å². The highest BCUT2D eigenvalue weighted by molar-refractivity contribution is 7.12. The topological polar surface area (TPSA) is 97.1 Å². The number of nitrogens with one attached hydrogen (secondary N) is 1. The Bertz CT molecular complexity index is 1160. The largest absolute Gasteiger partial charge is 0.494 e. The van der Waals surface area contributed by atoms with Gasteiger partial charge in [-0.1, -0.05) is 17.7 Å². The summed E-state index contributed by atoms with van der Waals surface area (Å²) >= 11 is 7.32. The SMILES string of the molecule is O=C(c1cccs1)c1c(O)n(C(=O)Nc2cncnc2)c2ccc(Cl)cc12. The number of carbonyl (C=O) groups excluding carboxylic acids is 2. The van der Waals surface area contributed by atoms with Crippen LogP contribution in [0.5, 0.6) is 5.88 Å². The van der Waals surface area contributed by atoms with E-state index >= 15 is 0 Å². The van der Waals surface area contributed by atoms with Crippen LogP contribution in [0.25, 0.3) is 10.9 Å². The van der Waals surface area contributed by atoms with Crippen molar-refractivity contribution in [3.63, 3.8) is 0 Å². The number of ketones is 1. The van der Waals surface area contributed by atoms with Crippen LogP contribution in [0, 0.1) is 0 Å². The molecule has 4 rings (SSSR count). The number of fused-ring (bicyclic) bond motifs is 1. The summed E-state index contributed by atoms with van der Waals surface area (Å²) in [5.41, 5.74) is 0.726. The number of carbonyl (C=O) groups is 2. The highest BCUT2D eigenvalue weighted by Gasteiger charge is 2.27. The summed E-state index contributed by atoms with van der Waals surface area (Å²) < 4.78 is 1.03. The molecule has 0 atom stereocenters. The van der Waals surface area contributed by atoms with Gasteiger partial charge in [-0.2, -0.15) is 0 Å². The van der Waals surface area contributed by atoms with Gasteiger partial charge in [-0.25, -0.2) is 19.3 Å². The zero-order valence-corrected chi connectivity index (χ0v) is 15.2. The second-order valence-corrected chi connectivity index (χ2v) is 6.94. The van der Waals surface area contributed by atoms with Crippen LogP contribution in [0.15, 0.2) is 54.4 Å². The summed E-state index contributed by atoms with van der Waals surface area (Å²) in [6.07, 6.45) is 4.17. The van der Waals surface area contributed by atoms with E-state index in [2.05, 4.69) is 15.3 Å². The lowest BCUT2D eigenvalue weighted by molar-refractivity contribution is 0.104. The fourth-order valence-electron chi connectivity index (χ4n) is 2.75. The molecule has 4 aromatic rings. The highest BCUT2D eigenvalue weighted by atomic mass is 35.5. The van der Waals surface area contributed by atoms with E-state index in [0.717, 1.165) is 4.57 Å². The quantitative estimate of drug-likeness (QED) is 0.505. The molecule has 134 valence electrons. The number of thiophene rings is 1. The summed E-state index contributed by atoms with van der Waals surface area (Å²) in [4.78, 5) is 33.7. The molecule has 0 bridgehead atoms. The average Bonchev–Trinajstić information content (AvgIpc) is 3.28. The van der Waals surface area contributed by atoms with E-state index in [4.69, 9.17) is 11.6 Å². The molecule has 3 aromatic heterocycles. The first-order valence-corrected chi connectivity index (χ1v) is 8.99. The number of benzene rings is 1. The smallest absolute Gasteiger partial charge is 0.333 e. The van der Waals surface area contributed by atoms with Gasteiger partial charge in [0.15, 0.2) is 0 Å². The number of nitrogens with zero attached hydrogens (tertiary/aromatic N) is 3. The lowest BCUT2D eigenvalue weighted by Gasteiger charge is -2.07. The number of anilines is 1. The molecule has 0 saturated heterocycles. The maximum absolute atomic E-state index is 12.9. The number of hydrogen-bond acceptors (Lipinski definition) is 6. The zero-order chi connectivity index (χ0) is 19.0. The second kappa shape index (κ2) is 6.82. The van der Waals surface area contributed by atoms with Gasteiger partial charge in [-0.05, 0) is 29.6 Å². The molecular formula is C18H11ClN4O3S. The molecule has 3 heterocycles. The predicted molar refractivity (Wildman–Crippen MR) is 103 cm³/mol. The minimum Gasteiger partial charge on any atom is -0.494 e. The van der Waals surface area contributed by atoms with Crippen molar-refractivity contribution in [1.29, 1.82) is 0 Å². The minimum atomic E-state index is -0.653. The van der Waals surface area contributed by atoms with Crippen LogP contribution in [0.1, 0.15) is 15.2 Å². The first-order valence-electron chi connectivity index (χ1n) is 7.74. The second-order valence-electron chi connectivity index (χ2n) is 5.56. The molecule has 0 aliphatic carbocycles. The molecule has 0 aliphatic heterocycles. The number of aromatic hydroxyl groups is 1. The fourth-order valence-corrected chi connectivity index (χ4v) is 3.60. The third-order valence-electron chi connectivity index (χ3n) is 3.89. The number of rotatable bonds is 3. The van der Waals surface area contributed by atoms with E-state index in [1.54, 1.807) is 35.7 Å². The van der Waals surface area contributed by atoms with Crippen LogP contribution < -0.4 is 5.32 Å². The third kappa shape index (κ3) is 3.05. The van der Waals surface area contributed by atoms with Gasteiger partial charge in [-0.15, -0.1) is 11.3 Å². The van der Waals surface area contributed by atoms with Crippen LogP contribution in [0.4, 0.5) is 10.5 Å². The lowest BCUT2D eigenvalue weighted by Crippen LogP contribution is -2.19. The van der Waals surface area contributed by atoms with Gasteiger partial charge < -0.3 is 10.4 Å². The van der Waals surface area contributed by atoms with Crippen molar-refractivity contribution < 1.29 is 14.7 Å².